The number of benzene rings is 1. The summed E-state index contributed by atoms with van der Waals surface area (Å²) < 4.78 is 0. The van der Waals surface area contributed by atoms with Crippen molar-refractivity contribution < 1.29 is 19.5 Å². The maximum Gasteiger partial charge on any atom is 0.305 e. The van der Waals surface area contributed by atoms with Crippen LogP contribution in [0.5, 0.6) is 0 Å². The lowest BCUT2D eigenvalue weighted by Crippen LogP contribution is -2.35. The molecule has 2 aliphatic heterocycles. The van der Waals surface area contributed by atoms with Gasteiger partial charge in [0.2, 0.25) is 11.8 Å². The molecule has 4 fully saturated rings. The number of carboxylic acids is 1. The minimum atomic E-state index is -0.978. The Morgan fingerprint density at radius 1 is 1.08 bits per heavy atom. The third kappa shape index (κ3) is 1.88. The maximum absolute atomic E-state index is 12.7. The lowest BCUT2D eigenvalue weighted by Gasteiger charge is -2.20. The quantitative estimate of drug-likeness (QED) is 0.660. The molecule has 2 heterocycles. The van der Waals surface area contributed by atoms with Gasteiger partial charge in [-0.15, -0.1) is 0 Å². The Kier molecular flexibility index (Phi) is 2.89. The van der Waals surface area contributed by atoms with E-state index < -0.39 is 5.97 Å². The van der Waals surface area contributed by atoms with Crippen LogP contribution in [0.3, 0.4) is 0 Å². The number of hydrogen-bond acceptors (Lipinski definition) is 4. The molecular formula is C19H20N2O4. The molecule has 6 heteroatoms. The second-order valence-electron chi connectivity index (χ2n) is 7.81. The number of rotatable bonds is 4. The van der Waals surface area contributed by atoms with E-state index in [9.17, 15) is 14.4 Å². The monoisotopic (exact) mass is 340 g/mol. The van der Waals surface area contributed by atoms with Crippen molar-refractivity contribution in [2.45, 2.75) is 31.8 Å². The average molecular weight is 340 g/mol. The zero-order valence-corrected chi connectivity index (χ0v) is 14.0. The molecule has 2 aliphatic carbocycles. The summed E-state index contributed by atoms with van der Waals surface area (Å²) in [7, 11) is 0. The van der Waals surface area contributed by atoms with Crippen LogP contribution >= 0.6 is 0 Å². The highest BCUT2D eigenvalue weighted by Crippen LogP contribution is 2.66. The summed E-state index contributed by atoms with van der Waals surface area (Å²) in [4.78, 5) is 39.9. The standard InChI is InChI=1S/C19H20N2O4/c1-9-2-4-10(5-3-9)21-16-11-8-12(17(16)21)15-14(11)18(24)20(19(15)25)7-6-13(22)23/h2-5,11-12,14-17H,6-8H2,1H3,(H,22,23). The molecule has 2 saturated heterocycles. The van der Waals surface area contributed by atoms with Gasteiger partial charge in [-0.1, -0.05) is 17.7 Å². The van der Waals surface area contributed by atoms with Crippen molar-refractivity contribution in [3.8, 4) is 0 Å². The smallest absolute Gasteiger partial charge is 0.305 e. The highest BCUT2D eigenvalue weighted by atomic mass is 16.4. The molecule has 2 bridgehead atoms. The summed E-state index contributed by atoms with van der Waals surface area (Å²) >= 11 is 0. The van der Waals surface area contributed by atoms with Crippen molar-refractivity contribution in [2.75, 3.05) is 11.4 Å². The predicted molar refractivity (Wildman–Crippen MR) is 88.8 cm³/mol. The summed E-state index contributed by atoms with van der Waals surface area (Å²) in [5, 5.41) is 8.84. The summed E-state index contributed by atoms with van der Waals surface area (Å²) in [6.07, 6.45) is 0.784. The van der Waals surface area contributed by atoms with Crippen molar-refractivity contribution in [1.82, 2.24) is 4.90 Å². The first-order valence-electron chi connectivity index (χ1n) is 8.91. The van der Waals surface area contributed by atoms with Gasteiger partial charge in [-0.3, -0.25) is 19.3 Å². The minimum absolute atomic E-state index is 0.0104. The molecule has 130 valence electrons. The van der Waals surface area contributed by atoms with Gasteiger partial charge in [-0.05, 0) is 37.3 Å². The fourth-order valence-electron chi connectivity index (χ4n) is 5.66. The fraction of sp³-hybridized carbons (Fsp3) is 0.526. The van der Waals surface area contributed by atoms with Gasteiger partial charge >= 0.3 is 5.97 Å². The zero-order valence-electron chi connectivity index (χ0n) is 14.0. The van der Waals surface area contributed by atoms with E-state index in [-0.39, 0.29) is 48.5 Å². The van der Waals surface area contributed by atoms with Crippen LogP contribution in [0.4, 0.5) is 5.69 Å². The Morgan fingerprint density at radius 2 is 1.64 bits per heavy atom. The summed E-state index contributed by atoms with van der Waals surface area (Å²) in [6.45, 7) is 2.07. The van der Waals surface area contributed by atoms with Gasteiger partial charge in [0.1, 0.15) is 0 Å². The van der Waals surface area contributed by atoms with Gasteiger partial charge in [0.25, 0.3) is 0 Å². The van der Waals surface area contributed by atoms with Crippen LogP contribution in [0.2, 0.25) is 0 Å². The van der Waals surface area contributed by atoms with Gasteiger partial charge in [-0.25, -0.2) is 0 Å². The molecule has 1 N–H and O–H groups in total. The number of carbonyl (C=O) groups is 3. The SMILES string of the molecule is Cc1ccc(N2C3C4CC(C5C(=O)N(CCC(=O)O)C(=O)C45)C32)cc1. The molecule has 6 nitrogen and oxygen atoms in total. The van der Waals surface area contributed by atoms with Crippen LogP contribution < -0.4 is 4.90 Å². The average Bonchev–Trinajstić information content (AvgIpc) is 2.92. The minimum Gasteiger partial charge on any atom is -0.481 e. The van der Waals surface area contributed by atoms with Crippen molar-refractivity contribution in [2.24, 2.45) is 23.7 Å². The molecule has 0 radical (unpaired) electrons. The number of imide groups is 1. The van der Waals surface area contributed by atoms with E-state index in [1.165, 1.54) is 16.2 Å². The highest BCUT2D eigenvalue weighted by molar-refractivity contribution is 6.06. The van der Waals surface area contributed by atoms with E-state index in [0.29, 0.717) is 12.1 Å². The largest absolute Gasteiger partial charge is 0.481 e. The summed E-state index contributed by atoms with van der Waals surface area (Å²) in [5.74, 6) is -1.27. The molecule has 0 spiro atoms. The van der Waals surface area contributed by atoms with E-state index in [4.69, 9.17) is 5.11 Å². The number of carbonyl (C=O) groups excluding carboxylic acids is 2. The van der Waals surface area contributed by atoms with Crippen LogP contribution in [0, 0.1) is 30.6 Å². The molecule has 6 unspecified atom stereocenters. The van der Waals surface area contributed by atoms with E-state index in [2.05, 4.69) is 36.1 Å². The number of amides is 2. The van der Waals surface area contributed by atoms with Gasteiger partial charge in [-0.2, -0.15) is 0 Å². The van der Waals surface area contributed by atoms with Crippen molar-refractivity contribution in [3.63, 3.8) is 0 Å². The third-order valence-electron chi connectivity index (χ3n) is 6.62. The van der Waals surface area contributed by atoms with Crippen LogP contribution in [0.25, 0.3) is 0 Å². The molecule has 1 aromatic rings. The Bertz CT molecular complexity index is 755. The number of piperidine rings is 1. The number of hydrogen-bond donors (Lipinski definition) is 1. The highest BCUT2D eigenvalue weighted by Gasteiger charge is 2.75. The van der Waals surface area contributed by atoms with Crippen LogP contribution in [0.15, 0.2) is 24.3 Å². The Morgan fingerprint density at radius 3 is 2.16 bits per heavy atom. The molecular weight excluding hydrogens is 320 g/mol. The normalized spacial score (nSPS) is 37.5. The molecule has 6 atom stereocenters. The number of fused-ring (bicyclic) bond motifs is 8. The molecule has 0 aromatic heterocycles. The van der Waals surface area contributed by atoms with Gasteiger partial charge in [0, 0.05) is 12.2 Å². The van der Waals surface area contributed by atoms with E-state index in [1.807, 2.05) is 0 Å². The topological polar surface area (TPSA) is 77.7 Å². The Labute approximate surface area is 145 Å². The second kappa shape index (κ2) is 4.84. The van der Waals surface area contributed by atoms with Crippen molar-refractivity contribution in [3.05, 3.63) is 29.8 Å². The fourth-order valence-corrected chi connectivity index (χ4v) is 5.66. The predicted octanol–water partition coefficient (Wildman–Crippen LogP) is 1.28. The molecule has 1 aromatic carbocycles. The molecule has 2 saturated carbocycles. The third-order valence-corrected chi connectivity index (χ3v) is 6.62. The number of nitrogens with zero attached hydrogens (tertiary/aromatic N) is 2. The zero-order chi connectivity index (χ0) is 17.5. The number of likely N-dealkylation sites (tertiary alicyclic amines) is 1. The van der Waals surface area contributed by atoms with Gasteiger partial charge in [0.05, 0.1) is 30.3 Å². The van der Waals surface area contributed by atoms with Crippen LogP contribution in [0.1, 0.15) is 18.4 Å². The first kappa shape index (κ1) is 14.9. The van der Waals surface area contributed by atoms with Gasteiger partial charge in [0.15, 0.2) is 0 Å². The first-order valence-corrected chi connectivity index (χ1v) is 8.91. The molecule has 4 aliphatic rings. The molecule has 5 rings (SSSR count). The lowest BCUT2D eigenvalue weighted by molar-refractivity contribution is -0.142. The Hall–Kier alpha value is -2.37. The first-order chi connectivity index (χ1) is 12.0. The van der Waals surface area contributed by atoms with E-state index in [0.717, 1.165) is 6.42 Å². The van der Waals surface area contributed by atoms with E-state index in [1.54, 1.807) is 0 Å². The number of aryl methyl sites for hydroxylation is 1. The van der Waals surface area contributed by atoms with Crippen molar-refractivity contribution in [1.29, 1.82) is 0 Å². The summed E-state index contributed by atoms with van der Waals surface area (Å²) in [5.41, 5.74) is 2.40. The maximum atomic E-state index is 12.7. The Balaban J connectivity index is 1.38. The number of anilines is 1. The van der Waals surface area contributed by atoms with E-state index >= 15 is 0 Å². The molecule has 2 amide bonds. The summed E-state index contributed by atoms with van der Waals surface area (Å²) in [6, 6.07) is 9.15. The van der Waals surface area contributed by atoms with Crippen molar-refractivity contribution >= 4 is 23.5 Å². The van der Waals surface area contributed by atoms with Crippen LogP contribution in [-0.2, 0) is 14.4 Å². The second-order valence-corrected chi connectivity index (χ2v) is 7.81. The lowest BCUT2D eigenvalue weighted by atomic mass is 9.81. The van der Waals surface area contributed by atoms with Crippen LogP contribution in [-0.4, -0.2) is 46.4 Å². The number of aliphatic carboxylic acids is 1. The number of carboxylic acid groups (broad SMARTS) is 1. The molecule has 25 heavy (non-hydrogen) atoms. The van der Waals surface area contributed by atoms with Gasteiger partial charge < -0.3 is 10.0 Å².